The monoisotopic (exact) mass is 414 g/mol. The minimum absolute atomic E-state index is 0.0310. The SMILES string of the molecule is N#Cc1cc2cc3c(cc2nc1NCCNS(=O)(=O)c1ccc(F)cc1)OCO3. The molecule has 2 aromatic carbocycles. The Morgan fingerprint density at radius 3 is 2.55 bits per heavy atom. The van der Waals surface area contributed by atoms with Gasteiger partial charge in [-0.25, -0.2) is 22.5 Å². The fourth-order valence-electron chi connectivity index (χ4n) is 2.85. The summed E-state index contributed by atoms with van der Waals surface area (Å²) in [7, 11) is -3.76. The molecule has 0 spiro atoms. The largest absolute Gasteiger partial charge is 0.454 e. The van der Waals surface area contributed by atoms with E-state index in [1.807, 2.05) is 0 Å². The van der Waals surface area contributed by atoms with E-state index < -0.39 is 15.8 Å². The minimum atomic E-state index is -3.76. The second kappa shape index (κ2) is 7.54. The number of hydrogen-bond donors (Lipinski definition) is 2. The molecule has 0 bridgehead atoms. The van der Waals surface area contributed by atoms with Gasteiger partial charge in [0.15, 0.2) is 11.5 Å². The molecule has 29 heavy (non-hydrogen) atoms. The molecule has 8 nitrogen and oxygen atoms in total. The first-order chi connectivity index (χ1) is 14.0. The molecule has 0 saturated heterocycles. The van der Waals surface area contributed by atoms with Crippen molar-refractivity contribution in [3.63, 3.8) is 0 Å². The van der Waals surface area contributed by atoms with Gasteiger partial charge < -0.3 is 14.8 Å². The van der Waals surface area contributed by atoms with E-state index in [0.717, 1.165) is 17.5 Å². The van der Waals surface area contributed by atoms with E-state index >= 15 is 0 Å². The number of sulfonamides is 1. The summed E-state index contributed by atoms with van der Waals surface area (Å²) in [4.78, 5) is 4.41. The van der Waals surface area contributed by atoms with E-state index in [1.165, 1.54) is 12.1 Å². The molecule has 2 heterocycles. The Hall–Kier alpha value is -3.42. The first-order valence-electron chi connectivity index (χ1n) is 8.60. The molecule has 0 fully saturated rings. The van der Waals surface area contributed by atoms with Gasteiger partial charge in [0.05, 0.1) is 16.0 Å². The van der Waals surface area contributed by atoms with Crippen molar-refractivity contribution < 1.29 is 22.3 Å². The van der Waals surface area contributed by atoms with Crippen LogP contribution in [0.3, 0.4) is 0 Å². The van der Waals surface area contributed by atoms with E-state index in [2.05, 4.69) is 21.1 Å². The molecular weight excluding hydrogens is 399 g/mol. The third-order valence-electron chi connectivity index (χ3n) is 4.26. The van der Waals surface area contributed by atoms with E-state index in [1.54, 1.807) is 18.2 Å². The maximum Gasteiger partial charge on any atom is 0.240 e. The maximum absolute atomic E-state index is 13.0. The van der Waals surface area contributed by atoms with Crippen LogP contribution in [0.15, 0.2) is 47.4 Å². The van der Waals surface area contributed by atoms with Gasteiger partial charge in [0.2, 0.25) is 16.8 Å². The fraction of sp³-hybridized carbons (Fsp3) is 0.158. The summed E-state index contributed by atoms with van der Waals surface area (Å²) in [6.45, 7) is 0.375. The molecule has 0 aliphatic carbocycles. The van der Waals surface area contributed by atoms with Crippen LogP contribution in [0.2, 0.25) is 0 Å². The number of hydrogen-bond acceptors (Lipinski definition) is 7. The number of ether oxygens (including phenoxy) is 2. The molecule has 0 unspecified atom stereocenters. The van der Waals surface area contributed by atoms with Crippen molar-refractivity contribution in [2.45, 2.75) is 4.90 Å². The van der Waals surface area contributed by atoms with Crippen molar-refractivity contribution in [2.75, 3.05) is 25.2 Å². The summed E-state index contributed by atoms with van der Waals surface area (Å²) in [6.07, 6.45) is 0. The Bertz CT molecular complexity index is 1220. The molecule has 1 aliphatic heterocycles. The van der Waals surface area contributed by atoms with Crippen LogP contribution < -0.4 is 19.5 Å². The Balaban J connectivity index is 1.46. The van der Waals surface area contributed by atoms with Crippen molar-refractivity contribution in [2.24, 2.45) is 0 Å². The molecule has 148 valence electrons. The van der Waals surface area contributed by atoms with Crippen LogP contribution in [0.5, 0.6) is 11.5 Å². The molecule has 0 amide bonds. The molecule has 3 aromatic rings. The summed E-state index contributed by atoms with van der Waals surface area (Å²) in [5.74, 6) is 0.992. The smallest absolute Gasteiger partial charge is 0.240 e. The summed E-state index contributed by atoms with van der Waals surface area (Å²) >= 11 is 0. The first-order valence-corrected chi connectivity index (χ1v) is 10.1. The Morgan fingerprint density at radius 1 is 1.10 bits per heavy atom. The zero-order chi connectivity index (χ0) is 20.4. The van der Waals surface area contributed by atoms with Gasteiger partial charge in [-0.15, -0.1) is 0 Å². The van der Waals surface area contributed by atoms with Gasteiger partial charge >= 0.3 is 0 Å². The normalized spacial score (nSPS) is 12.7. The van der Waals surface area contributed by atoms with Crippen LogP contribution in [0.1, 0.15) is 5.56 Å². The molecule has 1 aromatic heterocycles. The number of aromatic nitrogens is 1. The Labute approximate surface area is 165 Å². The lowest BCUT2D eigenvalue weighted by Gasteiger charge is -2.11. The highest BCUT2D eigenvalue weighted by Crippen LogP contribution is 2.36. The van der Waals surface area contributed by atoms with Crippen molar-refractivity contribution in [3.05, 3.63) is 53.8 Å². The highest BCUT2D eigenvalue weighted by molar-refractivity contribution is 7.89. The second-order valence-electron chi connectivity index (χ2n) is 6.17. The van der Waals surface area contributed by atoms with E-state index in [-0.39, 0.29) is 24.8 Å². The number of nitrogens with one attached hydrogen (secondary N) is 2. The summed E-state index contributed by atoms with van der Waals surface area (Å²) in [5.41, 5.74) is 0.931. The Morgan fingerprint density at radius 2 is 1.83 bits per heavy atom. The average Bonchev–Trinajstić information content (AvgIpc) is 3.16. The zero-order valence-electron chi connectivity index (χ0n) is 15.0. The number of halogens is 1. The number of rotatable bonds is 6. The van der Waals surface area contributed by atoms with Gasteiger partial charge in [-0.1, -0.05) is 0 Å². The summed E-state index contributed by atoms with van der Waals surface area (Å²) < 4.78 is 50.4. The topological polar surface area (TPSA) is 113 Å². The van der Waals surface area contributed by atoms with Gasteiger partial charge in [0.25, 0.3) is 0 Å². The maximum atomic E-state index is 13.0. The lowest BCUT2D eigenvalue weighted by molar-refractivity contribution is 0.174. The van der Waals surface area contributed by atoms with Crippen molar-refractivity contribution in [3.8, 4) is 17.6 Å². The predicted molar refractivity (Wildman–Crippen MR) is 103 cm³/mol. The van der Waals surface area contributed by atoms with E-state index in [9.17, 15) is 18.1 Å². The number of nitriles is 1. The van der Waals surface area contributed by atoms with Crippen molar-refractivity contribution in [1.82, 2.24) is 9.71 Å². The number of anilines is 1. The average molecular weight is 414 g/mol. The predicted octanol–water partition coefficient (Wildman–Crippen LogP) is 2.36. The Kier molecular flexibility index (Phi) is 4.92. The molecule has 2 N–H and O–H groups in total. The van der Waals surface area contributed by atoms with Gasteiger partial charge in [0, 0.05) is 24.5 Å². The number of benzene rings is 2. The van der Waals surface area contributed by atoms with Crippen LogP contribution in [0, 0.1) is 17.1 Å². The third kappa shape index (κ3) is 3.91. The van der Waals surface area contributed by atoms with E-state index in [0.29, 0.717) is 28.4 Å². The lowest BCUT2D eigenvalue weighted by atomic mass is 10.1. The molecule has 4 rings (SSSR count). The standard InChI is InChI=1S/C19H15FN4O4S/c20-14-1-3-15(4-2-14)29(25,26)23-6-5-22-19-13(10-21)7-12-8-17-18(28-11-27-17)9-16(12)24-19/h1-4,7-9,23H,5-6,11H2,(H,22,24). The van der Waals surface area contributed by atoms with Crippen LogP contribution in [-0.4, -0.2) is 33.3 Å². The van der Waals surface area contributed by atoms with Crippen LogP contribution >= 0.6 is 0 Å². The molecule has 10 heteroatoms. The van der Waals surface area contributed by atoms with Crippen molar-refractivity contribution >= 4 is 26.7 Å². The highest BCUT2D eigenvalue weighted by Gasteiger charge is 2.17. The number of nitrogens with zero attached hydrogens (tertiary/aromatic N) is 2. The first kappa shape index (κ1) is 18.9. The quantitative estimate of drug-likeness (QED) is 0.595. The van der Waals surface area contributed by atoms with E-state index in [4.69, 9.17) is 9.47 Å². The molecule has 1 aliphatic rings. The summed E-state index contributed by atoms with van der Waals surface area (Å²) in [5, 5.41) is 13.1. The lowest BCUT2D eigenvalue weighted by Crippen LogP contribution is -2.29. The molecular formula is C19H15FN4O4S. The van der Waals surface area contributed by atoms with Gasteiger partial charge in [-0.05, 0) is 36.4 Å². The minimum Gasteiger partial charge on any atom is -0.454 e. The third-order valence-corrected chi connectivity index (χ3v) is 5.74. The van der Waals surface area contributed by atoms with Crippen LogP contribution in [-0.2, 0) is 10.0 Å². The number of fused-ring (bicyclic) bond motifs is 2. The molecule has 0 radical (unpaired) electrons. The van der Waals surface area contributed by atoms with Gasteiger partial charge in [-0.3, -0.25) is 0 Å². The van der Waals surface area contributed by atoms with Gasteiger partial charge in [-0.2, -0.15) is 5.26 Å². The van der Waals surface area contributed by atoms with Gasteiger partial charge in [0.1, 0.15) is 17.7 Å². The summed E-state index contributed by atoms with van der Waals surface area (Å²) in [6, 6.07) is 11.8. The number of pyridine rings is 1. The second-order valence-corrected chi connectivity index (χ2v) is 7.94. The van der Waals surface area contributed by atoms with Crippen molar-refractivity contribution in [1.29, 1.82) is 5.26 Å². The molecule has 0 atom stereocenters. The molecule has 0 saturated carbocycles. The zero-order valence-corrected chi connectivity index (χ0v) is 15.8. The fourth-order valence-corrected chi connectivity index (χ4v) is 3.88. The van der Waals surface area contributed by atoms with Crippen LogP contribution in [0.25, 0.3) is 10.9 Å². The highest BCUT2D eigenvalue weighted by atomic mass is 32.2. The van der Waals surface area contributed by atoms with Crippen LogP contribution in [0.4, 0.5) is 10.2 Å².